The van der Waals surface area contributed by atoms with Crippen LogP contribution >= 0.6 is 12.4 Å². The molecule has 4 nitrogen and oxygen atoms in total. The molecule has 1 heterocycles. The van der Waals surface area contributed by atoms with Gasteiger partial charge in [0.15, 0.2) is 0 Å². The lowest BCUT2D eigenvalue weighted by Crippen LogP contribution is -2.15. The molecule has 24 heavy (non-hydrogen) atoms. The third-order valence-electron chi connectivity index (χ3n) is 4.15. The number of carbonyl (C=O) groups is 1. The van der Waals surface area contributed by atoms with Gasteiger partial charge in [-0.1, -0.05) is 24.3 Å². The summed E-state index contributed by atoms with van der Waals surface area (Å²) in [6.45, 7) is 2.13. The van der Waals surface area contributed by atoms with Crippen molar-refractivity contribution >= 4 is 35.4 Å². The van der Waals surface area contributed by atoms with E-state index in [9.17, 15) is 4.79 Å². The minimum atomic E-state index is 0. The average molecular weight is 346 g/mol. The Morgan fingerprint density at radius 2 is 1.79 bits per heavy atom. The van der Waals surface area contributed by atoms with Crippen molar-refractivity contribution in [1.29, 1.82) is 0 Å². The molecule has 0 aromatic heterocycles. The molecule has 1 aliphatic rings. The number of rotatable bonds is 6. The average Bonchev–Trinajstić information content (AvgIpc) is 3.08. The zero-order valence-electron chi connectivity index (χ0n) is 13.6. The predicted molar refractivity (Wildman–Crippen MR) is 102 cm³/mol. The maximum absolute atomic E-state index is 12.1. The first-order chi connectivity index (χ1) is 11.3. The van der Waals surface area contributed by atoms with Crippen LogP contribution in [0, 0.1) is 5.92 Å². The summed E-state index contributed by atoms with van der Waals surface area (Å²) in [5.74, 6) is 0.737. The first-order valence-corrected chi connectivity index (χ1v) is 8.22. The fourth-order valence-electron chi connectivity index (χ4n) is 2.88. The molecule has 1 atom stereocenters. The van der Waals surface area contributed by atoms with Crippen LogP contribution in [0.1, 0.15) is 19.3 Å². The van der Waals surface area contributed by atoms with E-state index in [4.69, 9.17) is 0 Å². The van der Waals surface area contributed by atoms with Crippen molar-refractivity contribution in [2.24, 2.45) is 5.92 Å². The van der Waals surface area contributed by atoms with Crippen molar-refractivity contribution in [3.8, 4) is 0 Å². The Labute approximate surface area is 149 Å². The quantitative estimate of drug-likeness (QED) is 0.736. The lowest BCUT2D eigenvalue weighted by atomic mass is 10.0. The molecule has 0 spiro atoms. The fourth-order valence-corrected chi connectivity index (χ4v) is 2.88. The molecule has 3 rings (SSSR count). The Bertz CT molecular complexity index is 642. The largest absolute Gasteiger partial charge is 0.355 e. The standard InChI is InChI=1S/C19H23N3O.ClH/c23-19(10-9-15-11-12-20-14-15)22-18-8-4-7-17(13-18)21-16-5-2-1-3-6-16;/h1-8,13,15,20-21H,9-12,14H2,(H,22,23);1H. The number of para-hydroxylation sites is 1. The van der Waals surface area contributed by atoms with Crippen LogP contribution in [0.25, 0.3) is 0 Å². The molecule has 1 amide bonds. The van der Waals surface area contributed by atoms with Crippen LogP contribution in [0.4, 0.5) is 17.1 Å². The molecule has 0 bridgehead atoms. The summed E-state index contributed by atoms with van der Waals surface area (Å²) in [5, 5.41) is 9.66. The summed E-state index contributed by atoms with van der Waals surface area (Å²) in [4.78, 5) is 12.1. The normalized spacial score (nSPS) is 16.2. The summed E-state index contributed by atoms with van der Waals surface area (Å²) in [6, 6.07) is 17.8. The SMILES string of the molecule is Cl.O=C(CCC1CCNC1)Nc1cccc(Nc2ccccc2)c1. The highest BCUT2D eigenvalue weighted by Gasteiger charge is 2.15. The number of nitrogens with one attached hydrogen (secondary N) is 3. The Balaban J connectivity index is 0.00000208. The van der Waals surface area contributed by atoms with Crippen LogP contribution in [0.15, 0.2) is 54.6 Å². The number of carbonyl (C=O) groups excluding carboxylic acids is 1. The predicted octanol–water partition coefficient (Wildman–Crippen LogP) is 4.18. The van der Waals surface area contributed by atoms with E-state index in [0.717, 1.165) is 36.6 Å². The Morgan fingerprint density at radius 3 is 2.54 bits per heavy atom. The highest BCUT2D eigenvalue weighted by atomic mass is 35.5. The molecule has 3 N–H and O–H groups in total. The Morgan fingerprint density at radius 1 is 1.04 bits per heavy atom. The highest BCUT2D eigenvalue weighted by Crippen LogP contribution is 2.20. The van der Waals surface area contributed by atoms with Gasteiger partial charge in [-0.15, -0.1) is 12.4 Å². The molecular weight excluding hydrogens is 322 g/mol. The maximum atomic E-state index is 12.1. The van der Waals surface area contributed by atoms with Crippen molar-refractivity contribution in [2.75, 3.05) is 23.7 Å². The molecule has 0 aliphatic carbocycles. The summed E-state index contributed by atoms with van der Waals surface area (Å²) in [5.41, 5.74) is 2.83. The van der Waals surface area contributed by atoms with Crippen molar-refractivity contribution in [3.05, 3.63) is 54.6 Å². The van der Waals surface area contributed by atoms with Crippen molar-refractivity contribution in [3.63, 3.8) is 0 Å². The first kappa shape index (κ1) is 18.3. The topological polar surface area (TPSA) is 53.2 Å². The molecule has 1 saturated heterocycles. The van der Waals surface area contributed by atoms with Crippen molar-refractivity contribution < 1.29 is 4.79 Å². The second kappa shape index (κ2) is 9.30. The van der Waals surface area contributed by atoms with Crippen LogP contribution in [-0.4, -0.2) is 19.0 Å². The summed E-state index contributed by atoms with van der Waals surface area (Å²) >= 11 is 0. The van der Waals surface area contributed by atoms with Crippen molar-refractivity contribution in [1.82, 2.24) is 5.32 Å². The van der Waals surface area contributed by atoms with Gasteiger partial charge in [-0.3, -0.25) is 4.79 Å². The van der Waals surface area contributed by atoms with E-state index in [-0.39, 0.29) is 18.3 Å². The minimum absolute atomic E-state index is 0. The third kappa shape index (κ3) is 5.55. The number of hydrogen-bond acceptors (Lipinski definition) is 3. The van der Waals surface area contributed by atoms with Gasteiger partial charge in [0, 0.05) is 23.5 Å². The van der Waals surface area contributed by atoms with Gasteiger partial charge in [0.2, 0.25) is 5.91 Å². The van der Waals surface area contributed by atoms with Crippen molar-refractivity contribution in [2.45, 2.75) is 19.3 Å². The van der Waals surface area contributed by atoms with E-state index < -0.39 is 0 Å². The lowest BCUT2D eigenvalue weighted by Gasteiger charge is -2.11. The Hall–Kier alpha value is -2.04. The third-order valence-corrected chi connectivity index (χ3v) is 4.15. The number of hydrogen-bond donors (Lipinski definition) is 3. The van der Waals surface area contributed by atoms with Crippen LogP contribution in [-0.2, 0) is 4.79 Å². The molecule has 2 aromatic rings. The zero-order chi connectivity index (χ0) is 15.9. The van der Waals surface area contributed by atoms with E-state index in [2.05, 4.69) is 16.0 Å². The first-order valence-electron chi connectivity index (χ1n) is 8.22. The fraction of sp³-hybridized carbons (Fsp3) is 0.316. The van der Waals surface area contributed by atoms with Gasteiger partial charge in [0.05, 0.1) is 0 Å². The van der Waals surface area contributed by atoms with E-state index in [0.29, 0.717) is 12.3 Å². The van der Waals surface area contributed by atoms with Crippen LogP contribution in [0.2, 0.25) is 0 Å². The van der Waals surface area contributed by atoms with Gasteiger partial charge in [0.1, 0.15) is 0 Å². The molecule has 2 aromatic carbocycles. The van der Waals surface area contributed by atoms with E-state index in [1.54, 1.807) is 0 Å². The molecular formula is C19H24ClN3O. The van der Waals surface area contributed by atoms with Crippen LogP contribution < -0.4 is 16.0 Å². The van der Waals surface area contributed by atoms with Gasteiger partial charge in [-0.05, 0) is 62.2 Å². The number of halogens is 1. The zero-order valence-corrected chi connectivity index (χ0v) is 14.4. The number of benzene rings is 2. The van der Waals surface area contributed by atoms with Crippen LogP contribution in [0.3, 0.4) is 0 Å². The molecule has 5 heteroatoms. The second-order valence-electron chi connectivity index (χ2n) is 6.02. The second-order valence-corrected chi connectivity index (χ2v) is 6.02. The highest BCUT2D eigenvalue weighted by molar-refractivity contribution is 5.91. The molecule has 0 radical (unpaired) electrons. The number of anilines is 3. The van der Waals surface area contributed by atoms with Gasteiger partial charge in [0.25, 0.3) is 0 Å². The summed E-state index contributed by atoms with van der Waals surface area (Å²) in [6.07, 6.45) is 2.73. The van der Waals surface area contributed by atoms with Gasteiger partial charge in [-0.25, -0.2) is 0 Å². The molecule has 1 aliphatic heterocycles. The molecule has 128 valence electrons. The van der Waals surface area contributed by atoms with Crippen LogP contribution in [0.5, 0.6) is 0 Å². The Kier molecular flexibility index (Phi) is 7.09. The van der Waals surface area contributed by atoms with E-state index >= 15 is 0 Å². The van der Waals surface area contributed by atoms with E-state index in [1.807, 2.05) is 54.6 Å². The maximum Gasteiger partial charge on any atom is 0.224 e. The van der Waals surface area contributed by atoms with E-state index in [1.165, 1.54) is 6.42 Å². The molecule has 0 saturated carbocycles. The monoisotopic (exact) mass is 345 g/mol. The molecule has 1 fully saturated rings. The smallest absolute Gasteiger partial charge is 0.224 e. The summed E-state index contributed by atoms with van der Waals surface area (Å²) < 4.78 is 0. The summed E-state index contributed by atoms with van der Waals surface area (Å²) in [7, 11) is 0. The van der Waals surface area contributed by atoms with Gasteiger partial charge < -0.3 is 16.0 Å². The van der Waals surface area contributed by atoms with Gasteiger partial charge >= 0.3 is 0 Å². The number of amides is 1. The lowest BCUT2D eigenvalue weighted by molar-refractivity contribution is -0.116. The molecule has 1 unspecified atom stereocenters. The minimum Gasteiger partial charge on any atom is -0.355 e. The van der Waals surface area contributed by atoms with Gasteiger partial charge in [-0.2, -0.15) is 0 Å².